The molecule has 0 spiro atoms. The van der Waals surface area contributed by atoms with Crippen LogP contribution in [0.3, 0.4) is 0 Å². The van der Waals surface area contributed by atoms with Crippen LogP contribution in [-0.2, 0) is 0 Å². The third kappa shape index (κ3) is 3.45. The summed E-state index contributed by atoms with van der Waals surface area (Å²) in [6.45, 7) is 0.100. The third-order valence-electron chi connectivity index (χ3n) is 1.60. The molecule has 1 aromatic rings. The fourth-order valence-electron chi connectivity index (χ4n) is 0.907. The second kappa shape index (κ2) is 5.04. The van der Waals surface area contributed by atoms with E-state index in [1.54, 1.807) is 0 Å². The van der Waals surface area contributed by atoms with Crippen molar-refractivity contribution in [2.75, 3.05) is 6.54 Å². The van der Waals surface area contributed by atoms with Crippen LogP contribution >= 0.6 is 23.8 Å². The van der Waals surface area contributed by atoms with Crippen molar-refractivity contribution in [2.24, 2.45) is 5.73 Å². The summed E-state index contributed by atoms with van der Waals surface area (Å²) in [5.41, 5.74) is 5.47. The van der Waals surface area contributed by atoms with E-state index in [1.807, 2.05) is 0 Å². The van der Waals surface area contributed by atoms with Crippen LogP contribution in [0.2, 0.25) is 5.02 Å². The van der Waals surface area contributed by atoms with Gasteiger partial charge in [0.1, 0.15) is 5.82 Å². The summed E-state index contributed by atoms with van der Waals surface area (Å²) in [7, 11) is 0. The molecule has 1 aromatic carbocycles. The Morgan fingerprint density at radius 2 is 2.27 bits per heavy atom. The third-order valence-corrected chi connectivity index (χ3v) is 2.04. The van der Waals surface area contributed by atoms with Gasteiger partial charge in [0.15, 0.2) is 0 Å². The molecule has 0 bridgehead atoms. The predicted octanol–water partition coefficient (Wildman–Crippen LogP) is 1.50. The van der Waals surface area contributed by atoms with Crippen LogP contribution in [0.4, 0.5) is 4.39 Å². The van der Waals surface area contributed by atoms with Crippen LogP contribution in [0.25, 0.3) is 0 Å². The zero-order chi connectivity index (χ0) is 11.4. The van der Waals surface area contributed by atoms with Gasteiger partial charge in [0, 0.05) is 5.56 Å². The molecule has 0 saturated carbocycles. The summed E-state index contributed by atoms with van der Waals surface area (Å²) in [6.07, 6.45) is 0. The van der Waals surface area contributed by atoms with Crippen LogP contribution in [0.1, 0.15) is 10.4 Å². The second-order valence-electron chi connectivity index (χ2n) is 2.78. The summed E-state index contributed by atoms with van der Waals surface area (Å²) in [5.74, 6) is -0.965. The second-order valence-corrected chi connectivity index (χ2v) is 3.71. The number of rotatable bonds is 3. The summed E-state index contributed by atoms with van der Waals surface area (Å²) >= 11 is 10.1. The van der Waals surface area contributed by atoms with E-state index < -0.39 is 11.7 Å². The molecule has 1 rings (SSSR count). The van der Waals surface area contributed by atoms with Crippen molar-refractivity contribution >= 4 is 34.7 Å². The van der Waals surface area contributed by atoms with Gasteiger partial charge in [0.25, 0.3) is 5.91 Å². The number of carbonyl (C=O) groups excluding carboxylic acids is 1. The molecule has 0 fully saturated rings. The number of hydrogen-bond acceptors (Lipinski definition) is 2. The number of benzene rings is 1. The van der Waals surface area contributed by atoms with Crippen LogP contribution in [-0.4, -0.2) is 17.4 Å². The molecule has 3 N–H and O–H groups in total. The van der Waals surface area contributed by atoms with Gasteiger partial charge in [-0.3, -0.25) is 4.79 Å². The molecule has 0 saturated heterocycles. The number of halogens is 2. The Kier molecular flexibility index (Phi) is 3.99. The summed E-state index contributed by atoms with van der Waals surface area (Å²) in [5, 5.41) is 2.36. The molecule has 80 valence electrons. The zero-order valence-electron chi connectivity index (χ0n) is 7.59. The van der Waals surface area contributed by atoms with Crippen LogP contribution in [0.5, 0.6) is 0 Å². The molecule has 0 aliphatic heterocycles. The molecule has 0 radical (unpaired) electrons. The van der Waals surface area contributed by atoms with Crippen molar-refractivity contribution in [1.29, 1.82) is 0 Å². The minimum atomic E-state index is -0.567. The fourth-order valence-corrected chi connectivity index (χ4v) is 1.16. The molecular weight excluding hydrogens is 239 g/mol. The maximum absolute atomic E-state index is 12.8. The topological polar surface area (TPSA) is 55.1 Å². The van der Waals surface area contributed by atoms with Crippen LogP contribution < -0.4 is 11.1 Å². The van der Waals surface area contributed by atoms with E-state index in [9.17, 15) is 9.18 Å². The lowest BCUT2D eigenvalue weighted by molar-refractivity contribution is 0.0959. The van der Waals surface area contributed by atoms with Crippen molar-refractivity contribution in [1.82, 2.24) is 5.32 Å². The Balaban J connectivity index is 2.74. The van der Waals surface area contributed by atoms with E-state index in [1.165, 1.54) is 12.1 Å². The van der Waals surface area contributed by atoms with Gasteiger partial charge >= 0.3 is 0 Å². The molecule has 3 nitrogen and oxygen atoms in total. The summed E-state index contributed by atoms with van der Waals surface area (Å²) in [6, 6.07) is 3.69. The first-order valence-corrected chi connectivity index (χ1v) is 4.81. The lowest BCUT2D eigenvalue weighted by Gasteiger charge is -2.04. The molecule has 0 aromatic heterocycles. The minimum Gasteiger partial charge on any atom is -0.392 e. The largest absolute Gasteiger partial charge is 0.392 e. The highest BCUT2D eigenvalue weighted by Gasteiger charge is 2.08. The highest BCUT2D eigenvalue weighted by molar-refractivity contribution is 7.80. The Morgan fingerprint density at radius 1 is 1.60 bits per heavy atom. The highest BCUT2D eigenvalue weighted by Crippen LogP contribution is 2.15. The quantitative estimate of drug-likeness (QED) is 0.795. The molecular formula is C9H8ClFN2OS. The van der Waals surface area contributed by atoms with Crippen LogP contribution in [0.15, 0.2) is 18.2 Å². The SMILES string of the molecule is NC(=S)CNC(=O)c1ccc(F)c(Cl)c1. The Morgan fingerprint density at radius 3 is 2.80 bits per heavy atom. The van der Waals surface area contributed by atoms with Crippen LogP contribution in [0, 0.1) is 5.82 Å². The minimum absolute atomic E-state index is 0.0991. The first-order valence-electron chi connectivity index (χ1n) is 4.02. The van der Waals surface area contributed by atoms with E-state index >= 15 is 0 Å². The van der Waals surface area contributed by atoms with Gasteiger partial charge in [-0.2, -0.15) is 0 Å². The average Bonchev–Trinajstić information content (AvgIpc) is 2.18. The Labute approximate surface area is 96.4 Å². The highest BCUT2D eigenvalue weighted by atomic mass is 35.5. The number of hydrogen-bond donors (Lipinski definition) is 2. The van der Waals surface area contributed by atoms with E-state index in [2.05, 4.69) is 17.5 Å². The maximum atomic E-state index is 12.8. The van der Waals surface area contributed by atoms with E-state index in [-0.39, 0.29) is 22.1 Å². The van der Waals surface area contributed by atoms with Crippen molar-refractivity contribution in [3.8, 4) is 0 Å². The number of thiocarbonyl (C=S) groups is 1. The number of amides is 1. The van der Waals surface area contributed by atoms with Gasteiger partial charge < -0.3 is 11.1 Å². The fraction of sp³-hybridized carbons (Fsp3) is 0.111. The lowest BCUT2D eigenvalue weighted by atomic mass is 10.2. The van der Waals surface area contributed by atoms with E-state index in [4.69, 9.17) is 17.3 Å². The van der Waals surface area contributed by atoms with Gasteiger partial charge in [0.2, 0.25) is 0 Å². The lowest BCUT2D eigenvalue weighted by Crippen LogP contribution is -2.32. The molecule has 0 heterocycles. The standard InChI is InChI=1S/C9H8ClFN2OS/c10-6-3-5(1-2-7(6)11)9(14)13-4-8(12)15/h1-3H,4H2,(H2,12,15)(H,13,14). The van der Waals surface area contributed by atoms with Crippen molar-refractivity contribution < 1.29 is 9.18 Å². The van der Waals surface area contributed by atoms with Gasteiger partial charge in [0.05, 0.1) is 16.6 Å². The Bertz CT molecular complexity index is 411. The van der Waals surface area contributed by atoms with Crippen molar-refractivity contribution in [3.05, 3.63) is 34.6 Å². The zero-order valence-corrected chi connectivity index (χ0v) is 9.16. The number of nitrogens with two attached hydrogens (primary N) is 1. The molecule has 0 aliphatic carbocycles. The molecule has 0 aliphatic rings. The molecule has 1 amide bonds. The van der Waals surface area contributed by atoms with Crippen molar-refractivity contribution in [2.45, 2.75) is 0 Å². The van der Waals surface area contributed by atoms with Gasteiger partial charge in [-0.1, -0.05) is 23.8 Å². The van der Waals surface area contributed by atoms with Gasteiger partial charge in [-0.15, -0.1) is 0 Å². The van der Waals surface area contributed by atoms with E-state index in [0.717, 1.165) is 6.07 Å². The average molecular weight is 247 g/mol. The van der Waals surface area contributed by atoms with Gasteiger partial charge in [-0.05, 0) is 18.2 Å². The maximum Gasteiger partial charge on any atom is 0.251 e. The Hall–Kier alpha value is -1.20. The first-order chi connectivity index (χ1) is 7.00. The van der Waals surface area contributed by atoms with Gasteiger partial charge in [-0.25, -0.2) is 4.39 Å². The predicted molar refractivity (Wildman–Crippen MR) is 60.5 cm³/mol. The first kappa shape index (κ1) is 11.9. The monoisotopic (exact) mass is 246 g/mol. The number of carbonyl (C=O) groups is 1. The smallest absolute Gasteiger partial charge is 0.251 e. The molecule has 6 heteroatoms. The summed E-state index contributed by atoms with van der Waals surface area (Å²) < 4.78 is 12.8. The molecule has 15 heavy (non-hydrogen) atoms. The normalized spacial score (nSPS) is 9.73. The summed E-state index contributed by atoms with van der Waals surface area (Å²) in [4.78, 5) is 11.6. The van der Waals surface area contributed by atoms with E-state index in [0.29, 0.717) is 0 Å². The molecule has 0 unspecified atom stereocenters. The van der Waals surface area contributed by atoms with Crippen molar-refractivity contribution in [3.63, 3.8) is 0 Å². The number of nitrogens with one attached hydrogen (secondary N) is 1. The molecule has 0 atom stereocenters.